The number of ether oxygens (including phenoxy) is 1. The monoisotopic (exact) mass is 357 g/mol. The minimum absolute atomic E-state index is 0.672. The standard InChI is InChI=1S/C14H17BrClN3O/c1-10-13(16)9-19(18-10)14-4-3-12(15)7-11(14)8-17-5-6-20-2/h3-4,7,9,17H,5-6,8H2,1-2H3. The third-order valence-corrected chi connectivity index (χ3v) is 3.79. The molecule has 6 heteroatoms. The van der Waals surface area contributed by atoms with Gasteiger partial charge < -0.3 is 10.1 Å². The van der Waals surface area contributed by atoms with E-state index in [1.807, 2.05) is 29.9 Å². The molecule has 4 nitrogen and oxygen atoms in total. The lowest BCUT2D eigenvalue weighted by Crippen LogP contribution is -2.19. The number of hydrogen-bond acceptors (Lipinski definition) is 3. The van der Waals surface area contributed by atoms with Crippen molar-refractivity contribution in [3.63, 3.8) is 0 Å². The van der Waals surface area contributed by atoms with Crippen LogP contribution in [-0.2, 0) is 11.3 Å². The zero-order chi connectivity index (χ0) is 14.5. The Bertz CT molecular complexity index is 566. The summed E-state index contributed by atoms with van der Waals surface area (Å²) in [4.78, 5) is 0. The summed E-state index contributed by atoms with van der Waals surface area (Å²) in [6.45, 7) is 4.14. The van der Waals surface area contributed by atoms with Crippen molar-refractivity contribution < 1.29 is 4.74 Å². The second-order valence-corrected chi connectivity index (χ2v) is 5.77. The number of hydrogen-bond donors (Lipinski definition) is 1. The molecular formula is C14H17BrClN3O. The van der Waals surface area contributed by atoms with Gasteiger partial charge in [0.05, 0.1) is 23.0 Å². The Kier molecular flexibility index (Phi) is 5.60. The Hall–Kier alpha value is -0.880. The molecule has 2 aromatic rings. The number of nitrogens with zero attached hydrogens (tertiary/aromatic N) is 2. The predicted octanol–water partition coefficient (Wildman–Crippen LogP) is 3.33. The van der Waals surface area contributed by atoms with Gasteiger partial charge in [-0.15, -0.1) is 0 Å². The molecule has 0 saturated carbocycles. The van der Waals surface area contributed by atoms with Gasteiger partial charge in [0.1, 0.15) is 0 Å². The van der Waals surface area contributed by atoms with Crippen LogP contribution in [0.25, 0.3) is 5.69 Å². The first-order valence-electron chi connectivity index (χ1n) is 6.32. The average Bonchev–Trinajstić information content (AvgIpc) is 2.75. The summed E-state index contributed by atoms with van der Waals surface area (Å²) < 4.78 is 7.89. The van der Waals surface area contributed by atoms with Gasteiger partial charge in [0.2, 0.25) is 0 Å². The Morgan fingerprint density at radius 2 is 2.25 bits per heavy atom. The fourth-order valence-electron chi connectivity index (χ4n) is 1.88. The van der Waals surface area contributed by atoms with E-state index in [1.165, 1.54) is 0 Å². The fraction of sp³-hybridized carbons (Fsp3) is 0.357. The summed E-state index contributed by atoms with van der Waals surface area (Å²) in [6.07, 6.45) is 1.83. The van der Waals surface area contributed by atoms with E-state index < -0.39 is 0 Å². The number of rotatable bonds is 6. The molecule has 0 amide bonds. The number of aromatic nitrogens is 2. The van der Waals surface area contributed by atoms with E-state index >= 15 is 0 Å². The molecule has 0 radical (unpaired) electrons. The van der Waals surface area contributed by atoms with Crippen molar-refractivity contribution in [2.75, 3.05) is 20.3 Å². The van der Waals surface area contributed by atoms with Crippen molar-refractivity contribution in [1.29, 1.82) is 0 Å². The molecule has 108 valence electrons. The zero-order valence-electron chi connectivity index (χ0n) is 11.5. The van der Waals surface area contributed by atoms with Crippen LogP contribution in [0, 0.1) is 6.92 Å². The first-order chi connectivity index (χ1) is 9.61. The van der Waals surface area contributed by atoms with Crippen molar-refractivity contribution >= 4 is 27.5 Å². The van der Waals surface area contributed by atoms with Gasteiger partial charge in [0.15, 0.2) is 0 Å². The number of nitrogens with one attached hydrogen (secondary N) is 1. The van der Waals surface area contributed by atoms with E-state index in [1.54, 1.807) is 7.11 Å². The molecule has 0 spiro atoms. The Morgan fingerprint density at radius 1 is 1.45 bits per heavy atom. The van der Waals surface area contributed by atoms with Gasteiger partial charge in [-0.2, -0.15) is 5.10 Å². The van der Waals surface area contributed by atoms with Crippen molar-refractivity contribution in [1.82, 2.24) is 15.1 Å². The van der Waals surface area contributed by atoms with E-state index in [4.69, 9.17) is 16.3 Å². The minimum atomic E-state index is 0.672. The first-order valence-corrected chi connectivity index (χ1v) is 7.49. The molecule has 20 heavy (non-hydrogen) atoms. The molecule has 1 N–H and O–H groups in total. The summed E-state index contributed by atoms with van der Waals surface area (Å²) >= 11 is 9.59. The Labute approximate surface area is 132 Å². The molecule has 0 aliphatic rings. The molecule has 2 rings (SSSR count). The predicted molar refractivity (Wildman–Crippen MR) is 84.6 cm³/mol. The van der Waals surface area contributed by atoms with Crippen molar-refractivity contribution in [3.8, 4) is 5.69 Å². The van der Waals surface area contributed by atoms with Crippen LogP contribution >= 0.6 is 27.5 Å². The first kappa shape index (κ1) is 15.5. The van der Waals surface area contributed by atoms with Gasteiger partial charge in [-0.1, -0.05) is 27.5 Å². The van der Waals surface area contributed by atoms with Gasteiger partial charge in [-0.3, -0.25) is 0 Å². The molecule has 0 saturated heterocycles. The summed E-state index contributed by atoms with van der Waals surface area (Å²) in [7, 11) is 1.70. The lowest BCUT2D eigenvalue weighted by atomic mass is 10.2. The highest BCUT2D eigenvalue weighted by molar-refractivity contribution is 9.10. The summed E-state index contributed by atoms with van der Waals surface area (Å²) in [5, 5.41) is 8.45. The molecule has 0 atom stereocenters. The second-order valence-electron chi connectivity index (χ2n) is 4.45. The quantitative estimate of drug-likeness (QED) is 0.805. The largest absolute Gasteiger partial charge is 0.383 e. The lowest BCUT2D eigenvalue weighted by Gasteiger charge is -2.11. The molecule has 1 heterocycles. The summed E-state index contributed by atoms with van der Waals surface area (Å²) in [5.41, 5.74) is 3.00. The maximum Gasteiger partial charge on any atom is 0.0819 e. The van der Waals surface area contributed by atoms with Crippen LogP contribution in [0.15, 0.2) is 28.9 Å². The van der Waals surface area contributed by atoms with Crippen LogP contribution < -0.4 is 5.32 Å². The number of aryl methyl sites for hydroxylation is 1. The molecule has 0 fully saturated rings. The number of halogens is 2. The highest BCUT2D eigenvalue weighted by Gasteiger charge is 2.09. The maximum atomic E-state index is 6.08. The van der Waals surface area contributed by atoms with Crippen LogP contribution in [-0.4, -0.2) is 30.0 Å². The van der Waals surface area contributed by atoms with Crippen molar-refractivity contribution in [2.45, 2.75) is 13.5 Å². The topological polar surface area (TPSA) is 39.1 Å². The van der Waals surface area contributed by atoms with Crippen LogP contribution in [0.2, 0.25) is 5.02 Å². The van der Waals surface area contributed by atoms with Crippen LogP contribution in [0.1, 0.15) is 11.3 Å². The molecule has 0 bridgehead atoms. The normalized spacial score (nSPS) is 11.0. The molecule has 1 aromatic carbocycles. The van der Waals surface area contributed by atoms with E-state index in [0.717, 1.165) is 34.5 Å². The summed E-state index contributed by atoms with van der Waals surface area (Å²) in [6, 6.07) is 6.11. The van der Waals surface area contributed by atoms with Crippen LogP contribution in [0.4, 0.5) is 0 Å². The zero-order valence-corrected chi connectivity index (χ0v) is 13.8. The van der Waals surface area contributed by atoms with Gasteiger partial charge in [0, 0.05) is 30.9 Å². The third kappa shape index (κ3) is 3.82. The molecule has 0 unspecified atom stereocenters. The number of benzene rings is 1. The average molecular weight is 359 g/mol. The SMILES string of the molecule is COCCNCc1cc(Br)ccc1-n1cc(Cl)c(C)n1. The van der Waals surface area contributed by atoms with Crippen molar-refractivity contribution in [2.24, 2.45) is 0 Å². The van der Waals surface area contributed by atoms with Gasteiger partial charge in [-0.05, 0) is 30.7 Å². The lowest BCUT2D eigenvalue weighted by molar-refractivity contribution is 0.199. The highest BCUT2D eigenvalue weighted by atomic mass is 79.9. The minimum Gasteiger partial charge on any atom is -0.383 e. The van der Waals surface area contributed by atoms with E-state index in [2.05, 4.69) is 32.4 Å². The summed E-state index contributed by atoms with van der Waals surface area (Å²) in [5.74, 6) is 0. The maximum absolute atomic E-state index is 6.08. The van der Waals surface area contributed by atoms with Gasteiger partial charge in [-0.25, -0.2) is 4.68 Å². The highest BCUT2D eigenvalue weighted by Crippen LogP contribution is 2.22. The van der Waals surface area contributed by atoms with E-state index in [0.29, 0.717) is 11.6 Å². The van der Waals surface area contributed by atoms with Gasteiger partial charge in [0.25, 0.3) is 0 Å². The molecule has 1 aromatic heterocycles. The molecule has 0 aliphatic heterocycles. The molecular weight excluding hydrogens is 342 g/mol. The van der Waals surface area contributed by atoms with Crippen LogP contribution in [0.3, 0.4) is 0 Å². The smallest absolute Gasteiger partial charge is 0.0819 e. The Balaban J connectivity index is 2.23. The second kappa shape index (κ2) is 7.22. The fourth-order valence-corrected chi connectivity index (χ4v) is 2.42. The third-order valence-electron chi connectivity index (χ3n) is 2.93. The van der Waals surface area contributed by atoms with E-state index in [-0.39, 0.29) is 0 Å². The number of methoxy groups -OCH3 is 1. The van der Waals surface area contributed by atoms with Crippen molar-refractivity contribution in [3.05, 3.63) is 45.1 Å². The van der Waals surface area contributed by atoms with Gasteiger partial charge >= 0.3 is 0 Å². The van der Waals surface area contributed by atoms with E-state index in [9.17, 15) is 0 Å². The van der Waals surface area contributed by atoms with Crippen LogP contribution in [0.5, 0.6) is 0 Å². The molecule has 0 aliphatic carbocycles. The Morgan fingerprint density at radius 3 is 2.90 bits per heavy atom.